The van der Waals surface area contributed by atoms with Crippen LogP contribution in [0.15, 0.2) is 28.7 Å². The Morgan fingerprint density at radius 1 is 1.33 bits per heavy atom. The van der Waals surface area contributed by atoms with Crippen LogP contribution in [0.5, 0.6) is 0 Å². The Balaban J connectivity index is 1.92. The Morgan fingerprint density at radius 3 is 2.62 bits per heavy atom. The number of rotatable bonds is 5. The van der Waals surface area contributed by atoms with Crippen molar-refractivity contribution in [2.75, 3.05) is 11.9 Å². The van der Waals surface area contributed by atoms with E-state index in [1.807, 2.05) is 19.1 Å². The van der Waals surface area contributed by atoms with Gasteiger partial charge in [-0.05, 0) is 30.7 Å². The molecule has 7 heteroatoms. The smallest absolute Gasteiger partial charge is 0.289 e. The standard InChI is InChI=1S/C14H15BrN2O3S/c1-2-7-17-13(19)11(21-14(17)20)8-12(18)16-10-5-3-9(15)4-6-10/h3-6,11H,2,7-8H2,1H3,(H,16,18)/t11-/m0/s1. The molecule has 1 aliphatic heterocycles. The van der Waals surface area contributed by atoms with Gasteiger partial charge in [0.25, 0.3) is 5.24 Å². The number of nitrogens with one attached hydrogen (secondary N) is 1. The molecular weight excluding hydrogens is 356 g/mol. The number of nitrogens with zero attached hydrogens (tertiary/aromatic N) is 1. The maximum Gasteiger partial charge on any atom is 0.289 e. The summed E-state index contributed by atoms with van der Waals surface area (Å²) in [5, 5.41) is 1.85. The Bertz CT molecular complexity index is 562. The first kappa shape index (κ1) is 16.0. The zero-order valence-corrected chi connectivity index (χ0v) is 13.9. The molecule has 0 unspecified atom stereocenters. The topological polar surface area (TPSA) is 66.5 Å². The molecule has 2 rings (SSSR count). The lowest BCUT2D eigenvalue weighted by Gasteiger charge is -2.12. The van der Waals surface area contributed by atoms with Crippen molar-refractivity contribution in [3.8, 4) is 0 Å². The minimum atomic E-state index is -0.612. The number of anilines is 1. The van der Waals surface area contributed by atoms with Gasteiger partial charge in [-0.15, -0.1) is 0 Å². The van der Waals surface area contributed by atoms with E-state index in [1.165, 1.54) is 4.90 Å². The molecule has 1 heterocycles. The molecule has 1 saturated heterocycles. The van der Waals surface area contributed by atoms with Crippen LogP contribution in [-0.4, -0.2) is 33.7 Å². The third-order valence-electron chi connectivity index (χ3n) is 2.95. The molecule has 0 spiro atoms. The number of carbonyl (C=O) groups excluding carboxylic acids is 3. The molecule has 1 aromatic carbocycles. The number of amides is 3. The highest BCUT2D eigenvalue weighted by atomic mass is 79.9. The first-order valence-electron chi connectivity index (χ1n) is 6.58. The van der Waals surface area contributed by atoms with Crippen LogP contribution in [0.3, 0.4) is 0 Å². The van der Waals surface area contributed by atoms with Gasteiger partial charge < -0.3 is 5.32 Å². The fourth-order valence-electron chi connectivity index (χ4n) is 1.97. The zero-order chi connectivity index (χ0) is 15.4. The highest BCUT2D eigenvalue weighted by Crippen LogP contribution is 2.29. The van der Waals surface area contributed by atoms with E-state index in [9.17, 15) is 14.4 Å². The van der Waals surface area contributed by atoms with E-state index in [0.717, 1.165) is 22.7 Å². The number of carbonyl (C=O) groups is 3. The van der Waals surface area contributed by atoms with Gasteiger partial charge in [0.05, 0.1) is 0 Å². The van der Waals surface area contributed by atoms with Gasteiger partial charge in [0.1, 0.15) is 5.25 Å². The number of hydrogen-bond donors (Lipinski definition) is 1. The van der Waals surface area contributed by atoms with Crippen LogP contribution in [-0.2, 0) is 9.59 Å². The van der Waals surface area contributed by atoms with Gasteiger partial charge in [0.15, 0.2) is 0 Å². The lowest BCUT2D eigenvalue weighted by molar-refractivity contribution is -0.128. The normalized spacial score (nSPS) is 18.2. The highest BCUT2D eigenvalue weighted by Gasteiger charge is 2.39. The van der Waals surface area contributed by atoms with Gasteiger partial charge in [0, 0.05) is 23.1 Å². The zero-order valence-electron chi connectivity index (χ0n) is 11.5. The summed E-state index contributed by atoms with van der Waals surface area (Å²) in [6.45, 7) is 2.31. The second-order valence-corrected chi connectivity index (χ2v) is 6.69. The van der Waals surface area contributed by atoms with Crippen LogP contribution in [0.25, 0.3) is 0 Å². The number of halogens is 1. The van der Waals surface area contributed by atoms with E-state index >= 15 is 0 Å². The average molecular weight is 371 g/mol. The first-order valence-corrected chi connectivity index (χ1v) is 8.26. The molecule has 1 atom stereocenters. The highest BCUT2D eigenvalue weighted by molar-refractivity contribution is 9.10. The number of hydrogen-bond acceptors (Lipinski definition) is 4. The summed E-state index contributed by atoms with van der Waals surface area (Å²) in [7, 11) is 0. The quantitative estimate of drug-likeness (QED) is 0.863. The van der Waals surface area contributed by atoms with Crippen LogP contribution in [0.2, 0.25) is 0 Å². The second-order valence-electron chi connectivity index (χ2n) is 4.62. The van der Waals surface area contributed by atoms with E-state index < -0.39 is 5.25 Å². The molecule has 0 aliphatic carbocycles. The van der Waals surface area contributed by atoms with Gasteiger partial charge in [-0.25, -0.2) is 0 Å². The molecule has 5 nitrogen and oxygen atoms in total. The summed E-state index contributed by atoms with van der Waals surface area (Å²) in [6.07, 6.45) is 0.724. The van der Waals surface area contributed by atoms with Crippen molar-refractivity contribution in [2.24, 2.45) is 0 Å². The molecule has 21 heavy (non-hydrogen) atoms. The molecule has 1 N–H and O–H groups in total. The predicted octanol–water partition coefficient (Wildman–Crippen LogP) is 3.25. The Morgan fingerprint density at radius 2 is 2.00 bits per heavy atom. The number of benzene rings is 1. The molecule has 112 valence electrons. The summed E-state index contributed by atoms with van der Waals surface area (Å²) in [5.74, 6) is -0.535. The molecule has 0 radical (unpaired) electrons. The summed E-state index contributed by atoms with van der Waals surface area (Å²) >= 11 is 4.25. The second kappa shape index (κ2) is 7.09. The van der Waals surface area contributed by atoms with Crippen molar-refractivity contribution >= 4 is 50.4 Å². The summed E-state index contributed by atoms with van der Waals surface area (Å²) in [5.41, 5.74) is 0.662. The maximum absolute atomic E-state index is 12.0. The van der Waals surface area contributed by atoms with E-state index in [4.69, 9.17) is 0 Å². The Kier molecular flexibility index (Phi) is 5.41. The Labute approximate surface area is 135 Å². The van der Waals surface area contributed by atoms with Gasteiger partial charge >= 0.3 is 0 Å². The predicted molar refractivity (Wildman–Crippen MR) is 86.2 cm³/mol. The maximum atomic E-state index is 12.0. The fraction of sp³-hybridized carbons (Fsp3) is 0.357. The molecule has 1 aromatic rings. The van der Waals surface area contributed by atoms with Crippen molar-refractivity contribution < 1.29 is 14.4 Å². The molecule has 1 aliphatic rings. The van der Waals surface area contributed by atoms with Crippen LogP contribution < -0.4 is 5.32 Å². The van der Waals surface area contributed by atoms with Gasteiger partial charge in [0.2, 0.25) is 11.8 Å². The fourth-order valence-corrected chi connectivity index (χ4v) is 3.25. The third-order valence-corrected chi connectivity index (χ3v) is 4.55. The van der Waals surface area contributed by atoms with Crippen LogP contribution in [0, 0.1) is 0 Å². The number of imide groups is 1. The molecule has 0 aromatic heterocycles. The van der Waals surface area contributed by atoms with Crippen LogP contribution in [0.1, 0.15) is 19.8 Å². The van der Waals surface area contributed by atoms with E-state index in [1.54, 1.807) is 12.1 Å². The van der Waals surface area contributed by atoms with E-state index in [-0.39, 0.29) is 23.5 Å². The summed E-state index contributed by atoms with van der Waals surface area (Å²) < 4.78 is 0.919. The molecular formula is C14H15BrN2O3S. The lowest BCUT2D eigenvalue weighted by Crippen LogP contribution is -2.33. The van der Waals surface area contributed by atoms with Crippen molar-refractivity contribution in [3.05, 3.63) is 28.7 Å². The molecule has 0 bridgehead atoms. The van der Waals surface area contributed by atoms with Gasteiger partial charge in [-0.2, -0.15) is 0 Å². The summed E-state index contributed by atoms with van der Waals surface area (Å²) in [4.78, 5) is 36.9. The van der Waals surface area contributed by atoms with Crippen LogP contribution in [0.4, 0.5) is 10.5 Å². The molecule has 1 fully saturated rings. The van der Waals surface area contributed by atoms with Crippen molar-refractivity contribution in [1.82, 2.24) is 4.90 Å². The van der Waals surface area contributed by atoms with Crippen molar-refractivity contribution in [2.45, 2.75) is 25.0 Å². The van der Waals surface area contributed by atoms with Crippen molar-refractivity contribution in [1.29, 1.82) is 0 Å². The number of thioether (sulfide) groups is 1. The minimum absolute atomic E-state index is 0.00547. The molecule has 3 amide bonds. The SMILES string of the molecule is CCCN1C(=O)S[C@@H](CC(=O)Nc2ccc(Br)cc2)C1=O. The summed E-state index contributed by atoms with van der Waals surface area (Å²) in [6, 6.07) is 7.16. The molecule has 0 saturated carbocycles. The van der Waals surface area contributed by atoms with Gasteiger partial charge in [-0.1, -0.05) is 34.6 Å². The van der Waals surface area contributed by atoms with Crippen LogP contribution >= 0.6 is 27.7 Å². The lowest BCUT2D eigenvalue weighted by atomic mass is 10.2. The minimum Gasteiger partial charge on any atom is -0.326 e. The monoisotopic (exact) mass is 370 g/mol. The largest absolute Gasteiger partial charge is 0.326 e. The third kappa shape index (κ3) is 4.07. The first-order chi connectivity index (χ1) is 10.0. The van der Waals surface area contributed by atoms with E-state index in [0.29, 0.717) is 12.2 Å². The average Bonchev–Trinajstić information content (AvgIpc) is 2.69. The van der Waals surface area contributed by atoms with Crippen molar-refractivity contribution in [3.63, 3.8) is 0 Å². The Hall–Kier alpha value is -1.34. The van der Waals surface area contributed by atoms with E-state index in [2.05, 4.69) is 21.2 Å². The van der Waals surface area contributed by atoms with Gasteiger partial charge in [-0.3, -0.25) is 19.3 Å².